The second-order valence-corrected chi connectivity index (χ2v) is 7.84. The molecule has 3 aromatic carbocycles. The molecular formula is C27H26O4. The summed E-state index contributed by atoms with van der Waals surface area (Å²) in [6, 6.07) is 24.4. The molecule has 0 N–H and O–H groups in total. The van der Waals surface area contributed by atoms with Gasteiger partial charge in [-0.2, -0.15) is 0 Å². The van der Waals surface area contributed by atoms with Gasteiger partial charge >= 0.3 is 11.9 Å². The van der Waals surface area contributed by atoms with Gasteiger partial charge in [0.2, 0.25) is 0 Å². The van der Waals surface area contributed by atoms with Crippen LogP contribution in [0.2, 0.25) is 0 Å². The molecule has 0 unspecified atom stereocenters. The monoisotopic (exact) mass is 414 g/mol. The molecular weight excluding hydrogens is 388 g/mol. The zero-order valence-corrected chi connectivity index (χ0v) is 18.0. The Kier molecular flexibility index (Phi) is 7.03. The van der Waals surface area contributed by atoms with E-state index in [0.29, 0.717) is 17.9 Å². The van der Waals surface area contributed by atoms with Gasteiger partial charge in [-0.3, -0.25) is 4.79 Å². The van der Waals surface area contributed by atoms with Gasteiger partial charge in [-0.1, -0.05) is 61.5 Å². The van der Waals surface area contributed by atoms with E-state index in [1.54, 1.807) is 30.3 Å². The molecule has 0 aliphatic carbocycles. The molecule has 0 heterocycles. The third-order valence-corrected chi connectivity index (χ3v) is 5.12. The molecule has 0 saturated carbocycles. The molecule has 0 bridgehead atoms. The number of carbonyl (C=O) groups excluding carboxylic acids is 2. The van der Waals surface area contributed by atoms with Crippen molar-refractivity contribution in [3.8, 4) is 22.6 Å². The second kappa shape index (κ2) is 9.90. The first kappa shape index (κ1) is 22.0. The van der Waals surface area contributed by atoms with E-state index in [4.69, 9.17) is 9.47 Å². The van der Waals surface area contributed by atoms with Crippen molar-refractivity contribution in [3.63, 3.8) is 0 Å². The topological polar surface area (TPSA) is 52.6 Å². The lowest BCUT2D eigenvalue weighted by molar-refractivity contribution is -0.144. The zero-order valence-electron chi connectivity index (χ0n) is 18.0. The molecule has 31 heavy (non-hydrogen) atoms. The molecule has 0 fully saturated rings. The number of benzene rings is 3. The summed E-state index contributed by atoms with van der Waals surface area (Å²) in [7, 11) is 0. The second-order valence-electron chi connectivity index (χ2n) is 7.84. The highest BCUT2D eigenvalue weighted by Gasteiger charge is 2.27. The van der Waals surface area contributed by atoms with Crippen LogP contribution in [-0.4, -0.2) is 11.9 Å². The summed E-state index contributed by atoms with van der Waals surface area (Å²) in [4.78, 5) is 24.2. The molecule has 0 aromatic heterocycles. The first-order chi connectivity index (χ1) is 14.9. The molecule has 0 atom stereocenters. The highest BCUT2D eigenvalue weighted by molar-refractivity contribution is 5.88. The van der Waals surface area contributed by atoms with E-state index in [9.17, 15) is 9.59 Å². The molecule has 3 rings (SSSR count). The molecule has 3 aromatic rings. The summed E-state index contributed by atoms with van der Waals surface area (Å²) in [6.07, 6.45) is 3.78. The normalized spacial score (nSPS) is 11.3. The smallest absolute Gasteiger partial charge is 0.336 e. The Bertz CT molecular complexity index is 1050. The van der Waals surface area contributed by atoms with E-state index in [1.807, 2.05) is 63.2 Å². The van der Waals surface area contributed by atoms with Crippen molar-refractivity contribution < 1.29 is 19.1 Å². The quantitative estimate of drug-likeness (QED) is 0.258. The highest BCUT2D eigenvalue weighted by atomic mass is 16.5. The van der Waals surface area contributed by atoms with Crippen molar-refractivity contribution in [1.82, 2.24) is 0 Å². The van der Waals surface area contributed by atoms with Crippen LogP contribution in [0.4, 0.5) is 0 Å². The number of hydrogen-bond acceptors (Lipinski definition) is 4. The van der Waals surface area contributed by atoms with Crippen LogP contribution < -0.4 is 9.47 Å². The van der Waals surface area contributed by atoms with Crippen LogP contribution in [0.25, 0.3) is 17.2 Å². The Balaban J connectivity index is 1.55. The Hall–Kier alpha value is -3.66. The lowest BCUT2D eigenvalue weighted by Crippen LogP contribution is -2.28. The van der Waals surface area contributed by atoms with Gasteiger partial charge in [-0.25, -0.2) is 4.79 Å². The summed E-state index contributed by atoms with van der Waals surface area (Å²) < 4.78 is 10.7. The van der Waals surface area contributed by atoms with Crippen molar-refractivity contribution in [3.05, 3.63) is 90.5 Å². The van der Waals surface area contributed by atoms with Crippen LogP contribution in [-0.2, 0) is 9.59 Å². The van der Waals surface area contributed by atoms with Gasteiger partial charge in [-0.05, 0) is 67.3 Å². The Morgan fingerprint density at radius 1 is 0.774 bits per heavy atom. The van der Waals surface area contributed by atoms with Crippen LogP contribution in [0.3, 0.4) is 0 Å². The molecule has 0 aliphatic heterocycles. The molecule has 0 spiro atoms. The third-order valence-electron chi connectivity index (χ3n) is 5.12. The Morgan fingerprint density at radius 2 is 1.32 bits per heavy atom. The maximum Gasteiger partial charge on any atom is 0.336 e. The Morgan fingerprint density at radius 3 is 1.90 bits per heavy atom. The van der Waals surface area contributed by atoms with Crippen molar-refractivity contribution in [2.45, 2.75) is 27.2 Å². The van der Waals surface area contributed by atoms with Gasteiger partial charge in [0, 0.05) is 6.08 Å². The highest BCUT2D eigenvalue weighted by Crippen LogP contribution is 2.25. The minimum atomic E-state index is -0.546. The summed E-state index contributed by atoms with van der Waals surface area (Å²) in [5, 5.41) is 0. The van der Waals surface area contributed by atoms with Crippen molar-refractivity contribution in [2.75, 3.05) is 0 Å². The maximum absolute atomic E-state index is 12.1. The lowest BCUT2D eigenvalue weighted by atomic mass is 9.91. The number of rotatable bonds is 7. The Labute approximate surface area is 183 Å². The van der Waals surface area contributed by atoms with E-state index in [1.165, 1.54) is 6.08 Å². The van der Waals surface area contributed by atoms with E-state index >= 15 is 0 Å². The summed E-state index contributed by atoms with van der Waals surface area (Å²) >= 11 is 0. The van der Waals surface area contributed by atoms with Crippen LogP contribution in [0.1, 0.15) is 32.8 Å². The molecule has 4 nitrogen and oxygen atoms in total. The number of esters is 2. The van der Waals surface area contributed by atoms with Crippen LogP contribution >= 0.6 is 0 Å². The molecule has 0 aliphatic rings. The molecule has 4 heteroatoms. The van der Waals surface area contributed by atoms with Crippen molar-refractivity contribution >= 4 is 18.0 Å². The van der Waals surface area contributed by atoms with Crippen LogP contribution in [0.15, 0.2) is 84.9 Å². The number of carbonyl (C=O) groups is 2. The van der Waals surface area contributed by atoms with Crippen LogP contribution in [0.5, 0.6) is 11.5 Å². The van der Waals surface area contributed by atoms with E-state index in [0.717, 1.165) is 16.7 Å². The predicted molar refractivity (Wildman–Crippen MR) is 123 cm³/mol. The van der Waals surface area contributed by atoms with Crippen LogP contribution in [0, 0.1) is 5.41 Å². The average molecular weight is 415 g/mol. The van der Waals surface area contributed by atoms with Gasteiger partial charge in [0.05, 0.1) is 5.41 Å². The standard InChI is InChI=1S/C27H26O4/c1-4-27(2,3)26(29)31-24-17-15-23(16-18-24)30-25(28)19-12-20-10-13-22(14-11-20)21-8-6-5-7-9-21/h5-19H,4H2,1-3H3/b19-12+. The molecule has 158 valence electrons. The first-order valence-corrected chi connectivity index (χ1v) is 10.2. The zero-order chi connectivity index (χ0) is 22.3. The molecule has 0 radical (unpaired) electrons. The fraction of sp³-hybridized carbons (Fsp3) is 0.185. The van der Waals surface area contributed by atoms with Gasteiger partial charge in [0.15, 0.2) is 0 Å². The SMILES string of the molecule is CCC(C)(C)C(=O)Oc1ccc(OC(=O)/C=C/c2ccc(-c3ccccc3)cc2)cc1. The van der Waals surface area contributed by atoms with Gasteiger partial charge < -0.3 is 9.47 Å². The fourth-order valence-corrected chi connectivity index (χ4v) is 2.70. The number of ether oxygens (including phenoxy) is 2. The third kappa shape index (κ3) is 6.16. The predicted octanol–water partition coefficient (Wildman–Crippen LogP) is 6.31. The maximum atomic E-state index is 12.1. The van der Waals surface area contributed by atoms with Gasteiger partial charge in [-0.15, -0.1) is 0 Å². The first-order valence-electron chi connectivity index (χ1n) is 10.2. The van der Waals surface area contributed by atoms with Crippen molar-refractivity contribution in [1.29, 1.82) is 0 Å². The summed E-state index contributed by atoms with van der Waals surface area (Å²) in [5.74, 6) is 0.0222. The average Bonchev–Trinajstić information content (AvgIpc) is 2.80. The van der Waals surface area contributed by atoms with Gasteiger partial charge in [0.25, 0.3) is 0 Å². The minimum absolute atomic E-state index is 0.291. The van der Waals surface area contributed by atoms with Gasteiger partial charge in [0.1, 0.15) is 11.5 Å². The van der Waals surface area contributed by atoms with Crippen molar-refractivity contribution in [2.24, 2.45) is 5.41 Å². The minimum Gasteiger partial charge on any atom is -0.426 e. The summed E-state index contributed by atoms with van der Waals surface area (Å²) in [6.45, 7) is 5.62. The van der Waals surface area contributed by atoms with E-state index < -0.39 is 11.4 Å². The number of hydrogen-bond donors (Lipinski definition) is 0. The van der Waals surface area contributed by atoms with E-state index in [2.05, 4.69) is 12.1 Å². The lowest BCUT2D eigenvalue weighted by Gasteiger charge is -2.20. The van der Waals surface area contributed by atoms with E-state index in [-0.39, 0.29) is 5.97 Å². The largest absolute Gasteiger partial charge is 0.426 e. The molecule has 0 amide bonds. The molecule has 0 saturated heterocycles. The summed E-state index contributed by atoms with van der Waals surface area (Å²) in [5.41, 5.74) is 2.61. The fourth-order valence-electron chi connectivity index (χ4n) is 2.70.